The van der Waals surface area contributed by atoms with Crippen LogP contribution in [0.25, 0.3) is 5.76 Å². The first-order valence-corrected chi connectivity index (χ1v) is 12.6. The van der Waals surface area contributed by atoms with Gasteiger partial charge in [-0.25, -0.2) is 0 Å². The van der Waals surface area contributed by atoms with Crippen molar-refractivity contribution in [3.63, 3.8) is 0 Å². The number of likely N-dealkylation sites (N-methyl/N-ethyl adjacent to an activating group) is 1. The molecule has 5 atom stereocenters. The summed E-state index contributed by atoms with van der Waals surface area (Å²) in [6.45, 7) is 6.66. The van der Waals surface area contributed by atoms with E-state index in [2.05, 4.69) is 5.32 Å². The summed E-state index contributed by atoms with van der Waals surface area (Å²) in [7, 11) is 3.14. The highest BCUT2D eigenvalue weighted by Crippen LogP contribution is 2.56. The fourth-order valence-corrected chi connectivity index (χ4v) is 6.22. The molecule has 4 rings (SSSR count). The molecule has 0 spiro atoms. The maximum absolute atomic E-state index is 14.0. The van der Waals surface area contributed by atoms with Crippen molar-refractivity contribution in [1.82, 2.24) is 10.2 Å². The number of phenols is 1. The van der Waals surface area contributed by atoms with Crippen LogP contribution in [0.15, 0.2) is 40.7 Å². The predicted molar refractivity (Wildman–Crippen MR) is 140 cm³/mol. The summed E-state index contributed by atoms with van der Waals surface area (Å²) in [6.07, 6.45) is 2.03. The third kappa shape index (κ3) is 3.86. The van der Waals surface area contributed by atoms with Gasteiger partial charge in [0.05, 0.1) is 11.6 Å². The van der Waals surface area contributed by atoms with Crippen molar-refractivity contribution in [3.05, 3.63) is 57.4 Å². The number of benzene rings is 1. The Morgan fingerprint density at radius 2 is 1.89 bits per heavy atom. The molecule has 0 heterocycles. The summed E-state index contributed by atoms with van der Waals surface area (Å²) >= 11 is 0. The smallest absolute Gasteiger partial charge is 0.255 e. The Balaban J connectivity index is 1.87. The maximum Gasteiger partial charge on any atom is 0.255 e. The lowest BCUT2D eigenvalue weighted by Crippen LogP contribution is -2.65. The molecule has 0 unspecified atom stereocenters. The second-order valence-corrected chi connectivity index (χ2v) is 10.7. The number of hydrogen-bond donors (Lipinski definition) is 6. The minimum Gasteiger partial charge on any atom is -0.508 e. The third-order valence-corrected chi connectivity index (χ3v) is 8.39. The number of amides is 1. The number of Topliss-reactive ketones (excluding diaryl/α,β-unsaturated/α-hetero) is 2. The van der Waals surface area contributed by atoms with Gasteiger partial charge < -0.3 is 31.5 Å². The molecule has 1 aromatic carbocycles. The molecular weight excluding hydrogens is 490 g/mol. The average Bonchev–Trinajstić information content (AvgIpc) is 2.84. The molecule has 1 amide bonds. The lowest BCUT2D eigenvalue weighted by atomic mass is 9.55. The quantitative estimate of drug-likeness (QED) is 0.238. The maximum atomic E-state index is 14.0. The summed E-state index contributed by atoms with van der Waals surface area (Å²) in [6, 6.07) is 2.46. The molecule has 3 aliphatic rings. The standard InChI is InChI=1S/C28H35N3O7/c1-6-12(2)10-30-11-14-7-8-15-13(3)16-9-17-21(31(4)5)24(34)20(27(29)37)26(36)28(17,38)25(35)19(16)23(33)18(15)22(14)32/h6-8,13,16-17,21,30,32-33,36,38H,9-11H2,1-5H3,(H2,29,37)/b12-6-/t13-,16+,17-,21-,28-/m0/s1. The minimum absolute atomic E-state index is 0.0552. The van der Waals surface area contributed by atoms with E-state index in [1.165, 1.54) is 4.90 Å². The van der Waals surface area contributed by atoms with Crippen LogP contribution in [0.1, 0.15) is 49.8 Å². The molecule has 1 fully saturated rings. The number of rotatable bonds is 6. The van der Waals surface area contributed by atoms with Crippen LogP contribution in [0.3, 0.4) is 0 Å². The van der Waals surface area contributed by atoms with Gasteiger partial charge in [-0.1, -0.05) is 30.7 Å². The van der Waals surface area contributed by atoms with Crippen LogP contribution in [0.2, 0.25) is 0 Å². The molecule has 10 nitrogen and oxygen atoms in total. The topological polar surface area (TPSA) is 173 Å². The number of nitrogens with zero attached hydrogens (tertiary/aromatic N) is 1. The van der Waals surface area contributed by atoms with Crippen LogP contribution in [0, 0.1) is 11.8 Å². The molecule has 204 valence electrons. The number of carbonyl (C=O) groups is 3. The van der Waals surface area contributed by atoms with Gasteiger partial charge in [0.15, 0.2) is 11.4 Å². The van der Waals surface area contributed by atoms with Crippen molar-refractivity contribution in [2.24, 2.45) is 17.6 Å². The summed E-state index contributed by atoms with van der Waals surface area (Å²) in [5, 5.41) is 48.4. The molecule has 1 aromatic rings. The van der Waals surface area contributed by atoms with E-state index >= 15 is 0 Å². The van der Waals surface area contributed by atoms with E-state index in [0.29, 0.717) is 24.2 Å². The van der Waals surface area contributed by atoms with E-state index in [9.17, 15) is 34.8 Å². The van der Waals surface area contributed by atoms with Crippen LogP contribution in [0.4, 0.5) is 0 Å². The van der Waals surface area contributed by atoms with Gasteiger partial charge >= 0.3 is 0 Å². The number of fused-ring (bicyclic) bond motifs is 3. The first kappa shape index (κ1) is 27.6. The fourth-order valence-electron chi connectivity index (χ4n) is 6.22. The Morgan fingerprint density at radius 3 is 2.47 bits per heavy atom. The normalized spacial score (nSPS) is 29.4. The average molecular weight is 526 g/mol. The molecule has 0 aliphatic heterocycles. The highest BCUT2D eigenvalue weighted by Gasteiger charge is 2.64. The first-order valence-electron chi connectivity index (χ1n) is 12.6. The Bertz CT molecular complexity index is 1330. The number of phenolic OH excluding ortho intramolecular Hbond substituents is 1. The van der Waals surface area contributed by atoms with Gasteiger partial charge in [0.1, 0.15) is 22.8 Å². The molecule has 0 bridgehead atoms. The molecular formula is C28H35N3O7. The van der Waals surface area contributed by atoms with Gasteiger partial charge in [0.2, 0.25) is 5.78 Å². The van der Waals surface area contributed by atoms with Crippen LogP contribution in [-0.2, 0) is 20.9 Å². The van der Waals surface area contributed by atoms with E-state index < -0.39 is 58.0 Å². The van der Waals surface area contributed by atoms with Gasteiger partial charge in [-0.3, -0.25) is 19.3 Å². The largest absolute Gasteiger partial charge is 0.508 e. The van der Waals surface area contributed by atoms with E-state index in [-0.39, 0.29) is 29.2 Å². The third-order valence-electron chi connectivity index (χ3n) is 8.39. The number of nitrogens with two attached hydrogens (primary N) is 1. The van der Waals surface area contributed by atoms with Crippen molar-refractivity contribution < 1.29 is 34.8 Å². The Morgan fingerprint density at radius 1 is 1.24 bits per heavy atom. The summed E-state index contributed by atoms with van der Waals surface area (Å²) in [4.78, 5) is 40.7. The number of aliphatic hydroxyl groups is 3. The molecule has 0 aromatic heterocycles. The molecule has 3 aliphatic carbocycles. The van der Waals surface area contributed by atoms with Crippen molar-refractivity contribution in [2.75, 3.05) is 20.6 Å². The van der Waals surface area contributed by atoms with Crippen LogP contribution in [0.5, 0.6) is 5.75 Å². The Labute approximate surface area is 221 Å². The number of nitrogens with one attached hydrogen (secondary N) is 1. The zero-order valence-electron chi connectivity index (χ0n) is 22.2. The monoisotopic (exact) mass is 525 g/mol. The number of aromatic hydroxyl groups is 1. The second-order valence-electron chi connectivity index (χ2n) is 10.7. The second kappa shape index (κ2) is 9.68. The van der Waals surface area contributed by atoms with Crippen molar-refractivity contribution in [3.8, 4) is 5.75 Å². The first-order chi connectivity index (χ1) is 17.8. The lowest BCUT2D eigenvalue weighted by molar-refractivity contribution is -0.154. The number of carbonyl (C=O) groups excluding carboxylic acids is 3. The number of aliphatic hydroxyl groups excluding tert-OH is 2. The van der Waals surface area contributed by atoms with E-state index in [1.807, 2.05) is 26.8 Å². The summed E-state index contributed by atoms with van der Waals surface area (Å²) in [5.74, 6) is -6.90. The molecule has 38 heavy (non-hydrogen) atoms. The highest BCUT2D eigenvalue weighted by molar-refractivity contribution is 6.24. The molecule has 0 radical (unpaired) electrons. The summed E-state index contributed by atoms with van der Waals surface area (Å²) in [5.41, 5.74) is 4.08. The van der Waals surface area contributed by atoms with Crippen molar-refractivity contribution in [2.45, 2.75) is 51.3 Å². The zero-order valence-corrected chi connectivity index (χ0v) is 22.2. The molecule has 1 saturated carbocycles. The highest BCUT2D eigenvalue weighted by atomic mass is 16.3. The summed E-state index contributed by atoms with van der Waals surface area (Å²) < 4.78 is 0. The van der Waals surface area contributed by atoms with Crippen LogP contribution >= 0.6 is 0 Å². The van der Waals surface area contributed by atoms with Gasteiger partial charge in [-0.05, 0) is 51.8 Å². The number of hydrogen-bond acceptors (Lipinski definition) is 9. The predicted octanol–water partition coefficient (Wildman–Crippen LogP) is 1.58. The fraction of sp³-hybridized carbons (Fsp3) is 0.464. The molecule has 7 N–H and O–H groups in total. The van der Waals surface area contributed by atoms with Gasteiger partial charge in [-0.15, -0.1) is 0 Å². The van der Waals surface area contributed by atoms with Crippen molar-refractivity contribution in [1.29, 1.82) is 0 Å². The van der Waals surface area contributed by atoms with Crippen LogP contribution in [-0.4, -0.2) is 75.1 Å². The molecule has 10 heteroatoms. The van der Waals surface area contributed by atoms with Gasteiger partial charge in [0, 0.05) is 30.1 Å². The van der Waals surface area contributed by atoms with Crippen LogP contribution < -0.4 is 11.1 Å². The lowest BCUT2D eigenvalue weighted by Gasteiger charge is -2.51. The van der Waals surface area contributed by atoms with Crippen molar-refractivity contribution >= 4 is 23.2 Å². The SMILES string of the molecule is C/C=C(/C)CNCc1ccc2c(c1O)C(O)=C1C(=O)[C@]3(O)C(O)=C(C(N)=O)C(=O)[C@@H](N(C)C)[C@@H]3C[C@@H]1[C@H]2C. The van der Waals surface area contributed by atoms with Gasteiger partial charge in [0.25, 0.3) is 5.91 Å². The van der Waals surface area contributed by atoms with Gasteiger partial charge in [-0.2, -0.15) is 0 Å². The van der Waals surface area contributed by atoms with E-state index in [0.717, 1.165) is 5.57 Å². The number of ketones is 2. The minimum atomic E-state index is -2.65. The Kier molecular flexibility index (Phi) is 7.02. The number of allylic oxidation sites excluding steroid dienone is 1. The van der Waals surface area contributed by atoms with E-state index in [4.69, 9.17) is 5.73 Å². The van der Waals surface area contributed by atoms with E-state index in [1.54, 1.807) is 26.2 Å². The molecule has 0 saturated heterocycles. The zero-order chi connectivity index (χ0) is 28.3. The Hall–Kier alpha value is -3.47. The number of primary amides is 1.